The van der Waals surface area contributed by atoms with Crippen LogP contribution in [-0.4, -0.2) is 69.2 Å². The van der Waals surface area contributed by atoms with Gasteiger partial charge in [0.05, 0.1) is 38.3 Å². The Morgan fingerprint density at radius 2 is 2.12 bits per heavy atom. The second-order valence-electron chi connectivity index (χ2n) is 8.51. The fourth-order valence-electron chi connectivity index (χ4n) is 3.95. The number of imidazole rings is 1. The number of phosphoric acid groups is 1. The normalized spacial score (nSPS) is 29.8. The van der Waals surface area contributed by atoms with Crippen LogP contribution in [0.25, 0.3) is 11.2 Å². The number of nitrogen functional groups attached to an aromatic ring is 1. The highest BCUT2D eigenvalue weighted by molar-refractivity contribution is 7.48. The van der Waals surface area contributed by atoms with Crippen LogP contribution in [0.3, 0.4) is 0 Å². The van der Waals surface area contributed by atoms with Gasteiger partial charge in [0.1, 0.15) is 12.2 Å². The lowest BCUT2D eigenvalue weighted by atomic mass is 9.98. The molecule has 2 aromatic rings. The maximum absolute atomic E-state index is 13.1. The van der Waals surface area contributed by atoms with E-state index in [0.29, 0.717) is 30.2 Å². The van der Waals surface area contributed by atoms with Gasteiger partial charge in [-0.3, -0.25) is 13.6 Å². The van der Waals surface area contributed by atoms with E-state index in [0.717, 1.165) is 0 Å². The van der Waals surface area contributed by atoms with Crippen LogP contribution in [0.4, 0.5) is 5.95 Å². The summed E-state index contributed by atoms with van der Waals surface area (Å²) in [5, 5.41) is 0. The molecule has 188 valence electrons. The minimum absolute atomic E-state index is 0.00299. The molecule has 2 aliphatic heterocycles. The average Bonchev–Trinajstić information content (AvgIpc) is 3.29. The average molecular weight is 499 g/mol. The maximum atomic E-state index is 13.1. The molecule has 14 heteroatoms. The number of hydrogen-bond acceptors (Lipinski definition) is 12. The summed E-state index contributed by atoms with van der Waals surface area (Å²) in [7, 11) is -3.98. The van der Waals surface area contributed by atoms with E-state index in [9.17, 15) is 9.36 Å². The number of aromatic nitrogens is 4. The summed E-state index contributed by atoms with van der Waals surface area (Å²) >= 11 is 0. The lowest BCUT2D eigenvalue weighted by Gasteiger charge is -2.32. The van der Waals surface area contributed by atoms with Crippen molar-refractivity contribution in [2.45, 2.75) is 71.7 Å². The van der Waals surface area contributed by atoms with E-state index in [1.165, 1.54) is 6.92 Å². The predicted octanol–water partition coefficient (Wildman–Crippen LogP) is 2.09. The number of phosphoric ester groups is 1. The van der Waals surface area contributed by atoms with E-state index in [1.54, 1.807) is 24.7 Å². The molecule has 0 amide bonds. The van der Waals surface area contributed by atoms with E-state index in [1.807, 2.05) is 13.8 Å². The topological polar surface area (TPSA) is 159 Å². The van der Waals surface area contributed by atoms with Gasteiger partial charge in [0.15, 0.2) is 17.3 Å². The van der Waals surface area contributed by atoms with Crippen molar-refractivity contribution in [1.29, 1.82) is 0 Å². The van der Waals surface area contributed by atoms with Crippen LogP contribution >= 0.6 is 7.82 Å². The van der Waals surface area contributed by atoms with Crippen LogP contribution in [0.1, 0.15) is 34.6 Å². The number of rotatable bonds is 8. The SMILES string of the molecule is CCOc1nc(N)nc2c1ncn2C[C@@H]1O[C@@H]2CO[P@](=O)(OC(C)C(=O)OC(C)C)O[C@H]2[C@@H]1C. The van der Waals surface area contributed by atoms with Gasteiger partial charge in [0.2, 0.25) is 11.8 Å². The number of carbonyl (C=O) groups excluding carboxylic acids is 1. The van der Waals surface area contributed by atoms with Crippen LogP contribution in [0, 0.1) is 5.92 Å². The fraction of sp³-hybridized carbons (Fsp3) is 0.700. The van der Waals surface area contributed by atoms with E-state index >= 15 is 0 Å². The second kappa shape index (κ2) is 9.74. The molecule has 4 heterocycles. The van der Waals surface area contributed by atoms with Crippen LogP contribution in [-0.2, 0) is 38.9 Å². The van der Waals surface area contributed by atoms with Crippen LogP contribution in [0.5, 0.6) is 5.88 Å². The Morgan fingerprint density at radius 1 is 1.35 bits per heavy atom. The van der Waals surface area contributed by atoms with E-state index in [-0.39, 0.29) is 30.7 Å². The highest BCUT2D eigenvalue weighted by Crippen LogP contribution is 2.57. The van der Waals surface area contributed by atoms with Crippen molar-refractivity contribution < 1.29 is 37.1 Å². The lowest BCUT2D eigenvalue weighted by Crippen LogP contribution is -2.37. The highest BCUT2D eigenvalue weighted by atomic mass is 31.2. The van der Waals surface area contributed by atoms with Gasteiger partial charge >= 0.3 is 13.8 Å². The molecule has 0 spiro atoms. The molecule has 4 rings (SSSR count). The van der Waals surface area contributed by atoms with Gasteiger partial charge in [0, 0.05) is 5.92 Å². The third-order valence-electron chi connectivity index (χ3n) is 5.55. The summed E-state index contributed by atoms with van der Waals surface area (Å²) in [6, 6.07) is 0. The molecule has 2 N–H and O–H groups in total. The molecule has 0 aromatic carbocycles. The summed E-state index contributed by atoms with van der Waals surface area (Å²) < 4.78 is 48.1. The number of esters is 1. The summed E-state index contributed by atoms with van der Waals surface area (Å²) in [6.07, 6.45) is -1.14. The largest absolute Gasteiger partial charge is 0.476 e. The molecule has 34 heavy (non-hydrogen) atoms. The van der Waals surface area contributed by atoms with Gasteiger partial charge in [-0.1, -0.05) is 6.92 Å². The molecule has 0 saturated carbocycles. The summed E-state index contributed by atoms with van der Waals surface area (Å²) in [5.74, 6) is -0.427. The Bertz CT molecular complexity index is 1090. The number of nitrogens with two attached hydrogens (primary N) is 1. The Kier molecular flexibility index (Phi) is 7.11. The monoisotopic (exact) mass is 499 g/mol. The zero-order valence-corrected chi connectivity index (χ0v) is 20.6. The zero-order valence-electron chi connectivity index (χ0n) is 19.7. The van der Waals surface area contributed by atoms with Crippen molar-refractivity contribution >= 4 is 30.9 Å². The molecule has 2 aliphatic rings. The van der Waals surface area contributed by atoms with E-state index in [4.69, 9.17) is 33.5 Å². The molecule has 2 aromatic heterocycles. The third kappa shape index (κ3) is 5.03. The molecule has 13 nitrogen and oxygen atoms in total. The first-order chi connectivity index (χ1) is 16.1. The van der Waals surface area contributed by atoms with E-state index < -0.39 is 32.1 Å². The molecular weight excluding hydrogens is 469 g/mol. The van der Waals surface area contributed by atoms with Crippen molar-refractivity contribution in [2.75, 3.05) is 18.9 Å². The van der Waals surface area contributed by atoms with Crippen LogP contribution in [0.15, 0.2) is 6.33 Å². The first kappa shape index (κ1) is 24.8. The van der Waals surface area contributed by atoms with Gasteiger partial charge in [-0.05, 0) is 27.7 Å². The summed E-state index contributed by atoms with van der Waals surface area (Å²) in [6.45, 7) is 9.44. The maximum Gasteiger partial charge on any atom is 0.476 e. The van der Waals surface area contributed by atoms with Crippen LogP contribution < -0.4 is 10.5 Å². The first-order valence-corrected chi connectivity index (χ1v) is 12.6. The van der Waals surface area contributed by atoms with Crippen molar-refractivity contribution in [3.05, 3.63) is 6.33 Å². The molecule has 6 atom stereocenters. The predicted molar refractivity (Wildman–Crippen MR) is 119 cm³/mol. The Labute approximate surface area is 196 Å². The standard InChI is InChI=1S/C20H30N5O8P/c1-6-28-18-15-17(23-20(21)24-18)25(9-22-15)7-13-11(4)16-14(31-13)8-29-34(27,33-16)32-12(5)19(26)30-10(2)3/h9-14,16H,6-8H2,1-5H3,(H2,21,23,24)/t11-,12?,13+,14-,16+,34-/m1/s1. The molecule has 0 bridgehead atoms. The number of ether oxygens (including phenoxy) is 3. The molecule has 0 radical (unpaired) electrons. The smallest absolute Gasteiger partial charge is 0.476 e. The molecular formula is C20H30N5O8P. The van der Waals surface area contributed by atoms with Crippen molar-refractivity contribution in [3.63, 3.8) is 0 Å². The molecule has 1 unspecified atom stereocenters. The quantitative estimate of drug-likeness (QED) is 0.417. The Morgan fingerprint density at radius 3 is 2.82 bits per heavy atom. The van der Waals surface area contributed by atoms with Gasteiger partial charge in [-0.25, -0.2) is 14.3 Å². The fourth-order valence-corrected chi connectivity index (χ4v) is 5.55. The molecule has 0 aliphatic carbocycles. The Balaban J connectivity index is 1.45. The number of anilines is 1. The lowest BCUT2D eigenvalue weighted by molar-refractivity contribution is -0.157. The van der Waals surface area contributed by atoms with Crippen LogP contribution in [0.2, 0.25) is 0 Å². The summed E-state index contributed by atoms with van der Waals surface area (Å²) in [4.78, 5) is 24.8. The highest BCUT2D eigenvalue weighted by Gasteiger charge is 2.52. The second-order valence-corrected chi connectivity index (χ2v) is 10.1. The van der Waals surface area contributed by atoms with Gasteiger partial charge in [-0.2, -0.15) is 9.97 Å². The van der Waals surface area contributed by atoms with Crippen molar-refractivity contribution in [2.24, 2.45) is 5.92 Å². The number of nitrogens with zero attached hydrogens (tertiary/aromatic N) is 4. The molecule has 2 saturated heterocycles. The van der Waals surface area contributed by atoms with E-state index in [2.05, 4.69) is 15.0 Å². The first-order valence-electron chi connectivity index (χ1n) is 11.2. The number of hydrogen-bond donors (Lipinski definition) is 1. The molecule has 2 fully saturated rings. The number of fused-ring (bicyclic) bond motifs is 2. The third-order valence-corrected chi connectivity index (χ3v) is 7.09. The zero-order chi connectivity index (χ0) is 24.6. The Hall–Kier alpha value is -2.31. The number of carbonyl (C=O) groups is 1. The van der Waals surface area contributed by atoms with Gasteiger partial charge in [-0.15, -0.1) is 0 Å². The van der Waals surface area contributed by atoms with Crippen molar-refractivity contribution in [1.82, 2.24) is 19.5 Å². The van der Waals surface area contributed by atoms with Gasteiger partial charge < -0.3 is 24.5 Å². The van der Waals surface area contributed by atoms with Gasteiger partial charge in [0.25, 0.3) is 0 Å². The minimum Gasteiger partial charge on any atom is -0.476 e. The minimum atomic E-state index is -3.98. The van der Waals surface area contributed by atoms with Crippen molar-refractivity contribution in [3.8, 4) is 5.88 Å². The summed E-state index contributed by atoms with van der Waals surface area (Å²) in [5.41, 5.74) is 6.86.